The second kappa shape index (κ2) is 5.76. The van der Waals surface area contributed by atoms with E-state index in [1.54, 1.807) is 24.4 Å². The Bertz CT molecular complexity index is 1110. The van der Waals surface area contributed by atoms with Gasteiger partial charge in [-0.1, -0.05) is 18.2 Å². The minimum absolute atomic E-state index is 0.386. The predicted octanol–water partition coefficient (Wildman–Crippen LogP) is 2.93. The molecule has 3 N–H and O–H groups in total. The van der Waals surface area contributed by atoms with Gasteiger partial charge in [-0.2, -0.15) is 0 Å². The monoisotopic (exact) mass is 330 g/mol. The van der Waals surface area contributed by atoms with Crippen molar-refractivity contribution in [2.75, 3.05) is 0 Å². The van der Waals surface area contributed by atoms with Gasteiger partial charge in [0.15, 0.2) is 6.29 Å². The van der Waals surface area contributed by atoms with E-state index in [9.17, 15) is 9.59 Å². The van der Waals surface area contributed by atoms with Crippen LogP contribution in [-0.2, 0) is 0 Å². The van der Waals surface area contributed by atoms with Crippen LogP contribution in [0.3, 0.4) is 0 Å². The van der Waals surface area contributed by atoms with Gasteiger partial charge in [-0.25, -0.2) is 4.98 Å². The predicted molar refractivity (Wildman–Crippen MR) is 94.8 cm³/mol. The molecule has 0 aliphatic carbocycles. The fourth-order valence-electron chi connectivity index (χ4n) is 2.82. The first-order valence-electron chi connectivity index (χ1n) is 7.68. The summed E-state index contributed by atoms with van der Waals surface area (Å²) >= 11 is 0. The number of carbonyl (C=O) groups excluding carboxylic acids is 2. The number of hydrogen-bond acceptors (Lipinski definition) is 3. The third-order valence-electron chi connectivity index (χ3n) is 4.05. The van der Waals surface area contributed by atoms with Gasteiger partial charge in [-0.15, -0.1) is 0 Å². The number of aromatic nitrogens is 3. The number of para-hydroxylation sites is 1. The summed E-state index contributed by atoms with van der Waals surface area (Å²) in [5, 5.41) is 0. The number of H-pyrrole nitrogens is 1. The van der Waals surface area contributed by atoms with Crippen molar-refractivity contribution in [3.8, 4) is 17.1 Å². The molecule has 6 heteroatoms. The van der Waals surface area contributed by atoms with E-state index in [0.717, 1.165) is 23.1 Å². The van der Waals surface area contributed by atoms with Crippen LogP contribution in [0.25, 0.3) is 28.1 Å². The van der Waals surface area contributed by atoms with Crippen molar-refractivity contribution >= 4 is 23.2 Å². The highest BCUT2D eigenvalue weighted by atomic mass is 16.1. The summed E-state index contributed by atoms with van der Waals surface area (Å²) in [5.74, 6) is 0.138. The summed E-state index contributed by atoms with van der Waals surface area (Å²) in [4.78, 5) is 30.2. The fourth-order valence-corrected chi connectivity index (χ4v) is 2.82. The van der Waals surface area contributed by atoms with Crippen molar-refractivity contribution in [2.24, 2.45) is 5.73 Å². The van der Waals surface area contributed by atoms with Crippen LogP contribution in [0, 0.1) is 0 Å². The molecular weight excluding hydrogens is 316 g/mol. The van der Waals surface area contributed by atoms with E-state index in [1.807, 2.05) is 41.1 Å². The van der Waals surface area contributed by atoms with E-state index < -0.39 is 5.91 Å². The first kappa shape index (κ1) is 14.9. The number of amides is 1. The van der Waals surface area contributed by atoms with E-state index in [-0.39, 0.29) is 0 Å². The normalized spacial score (nSPS) is 10.9. The first-order chi connectivity index (χ1) is 12.2. The fraction of sp³-hybridized carbons (Fsp3) is 0. The van der Waals surface area contributed by atoms with Gasteiger partial charge >= 0.3 is 0 Å². The molecule has 0 aliphatic rings. The van der Waals surface area contributed by atoms with Gasteiger partial charge in [0.25, 0.3) is 5.91 Å². The number of hydrogen-bond donors (Lipinski definition) is 2. The van der Waals surface area contributed by atoms with Crippen LogP contribution in [0.2, 0.25) is 0 Å². The van der Waals surface area contributed by atoms with Crippen molar-refractivity contribution in [3.05, 3.63) is 72.1 Å². The minimum Gasteiger partial charge on any atom is -0.366 e. The van der Waals surface area contributed by atoms with Crippen LogP contribution in [0.4, 0.5) is 0 Å². The maximum absolute atomic E-state index is 11.6. The number of nitrogens with zero attached hydrogens (tertiary/aromatic N) is 2. The Labute approximate surface area is 142 Å². The van der Waals surface area contributed by atoms with E-state index in [2.05, 4.69) is 9.97 Å². The SMILES string of the molecule is NC(=O)c1cccc2[nH]c(-c3cccc(-n4ccc(C=O)c4)c3)nc12. The molecule has 0 atom stereocenters. The molecule has 0 radical (unpaired) electrons. The average molecular weight is 330 g/mol. The topological polar surface area (TPSA) is 93.8 Å². The molecule has 0 fully saturated rings. The third-order valence-corrected chi connectivity index (χ3v) is 4.05. The molecule has 2 aromatic carbocycles. The smallest absolute Gasteiger partial charge is 0.250 e. The van der Waals surface area contributed by atoms with Crippen molar-refractivity contribution in [2.45, 2.75) is 0 Å². The average Bonchev–Trinajstić information content (AvgIpc) is 3.28. The van der Waals surface area contributed by atoms with Gasteiger partial charge in [0.2, 0.25) is 0 Å². The Balaban J connectivity index is 1.81. The zero-order valence-electron chi connectivity index (χ0n) is 13.1. The molecule has 4 rings (SSSR count). The molecule has 0 saturated heterocycles. The molecule has 4 aromatic rings. The van der Waals surface area contributed by atoms with Gasteiger partial charge in [0.05, 0.1) is 11.1 Å². The van der Waals surface area contributed by atoms with Gasteiger partial charge < -0.3 is 15.3 Å². The third kappa shape index (κ3) is 2.59. The Morgan fingerprint density at radius 1 is 1.16 bits per heavy atom. The molecule has 1 amide bonds. The summed E-state index contributed by atoms with van der Waals surface area (Å²) < 4.78 is 1.87. The summed E-state index contributed by atoms with van der Waals surface area (Å²) in [5.41, 5.74) is 9.49. The molecule has 0 unspecified atom stereocenters. The summed E-state index contributed by atoms with van der Waals surface area (Å²) in [6.45, 7) is 0. The second-order valence-corrected chi connectivity index (χ2v) is 5.67. The number of benzene rings is 2. The molecule has 2 aromatic heterocycles. The van der Waals surface area contributed by atoms with Crippen LogP contribution in [0.1, 0.15) is 20.7 Å². The van der Waals surface area contributed by atoms with E-state index in [1.165, 1.54) is 0 Å². The van der Waals surface area contributed by atoms with Crippen LogP contribution < -0.4 is 5.73 Å². The summed E-state index contributed by atoms with van der Waals surface area (Å²) in [6.07, 6.45) is 4.40. The lowest BCUT2D eigenvalue weighted by atomic mass is 10.2. The quantitative estimate of drug-likeness (QED) is 0.563. The number of primary amides is 1. The highest BCUT2D eigenvalue weighted by Crippen LogP contribution is 2.24. The van der Waals surface area contributed by atoms with Crippen LogP contribution in [0.5, 0.6) is 0 Å². The highest BCUT2D eigenvalue weighted by Gasteiger charge is 2.12. The highest BCUT2D eigenvalue weighted by molar-refractivity contribution is 6.04. The Morgan fingerprint density at radius 2 is 2.00 bits per heavy atom. The summed E-state index contributed by atoms with van der Waals surface area (Å²) in [7, 11) is 0. The maximum atomic E-state index is 11.6. The number of carbonyl (C=O) groups is 2. The maximum Gasteiger partial charge on any atom is 0.250 e. The molecule has 0 spiro atoms. The van der Waals surface area contributed by atoms with Crippen LogP contribution >= 0.6 is 0 Å². The number of nitrogens with one attached hydrogen (secondary N) is 1. The lowest BCUT2D eigenvalue weighted by Crippen LogP contribution is -2.11. The van der Waals surface area contributed by atoms with Crippen molar-refractivity contribution in [3.63, 3.8) is 0 Å². The molecule has 0 aliphatic heterocycles. The van der Waals surface area contributed by atoms with Gasteiger partial charge in [0.1, 0.15) is 11.3 Å². The molecular formula is C19H14N4O2. The Morgan fingerprint density at radius 3 is 2.76 bits per heavy atom. The molecule has 6 nitrogen and oxygen atoms in total. The standard InChI is InChI=1S/C19H14N4O2/c20-18(25)15-5-2-6-16-17(15)22-19(21-16)13-3-1-4-14(9-13)23-8-7-12(10-23)11-24/h1-11H,(H2,20,25)(H,21,22). The molecule has 0 saturated carbocycles. The molecule has 0 bridgehead atoms. The largest absolute Gasteiger partial charge is 0.366 e. The second-order valence-electron chi connectivity index (χ2n) is 5.67. The first-order valence-corrected chi connectivity index (χ1v) is 7.68. The Hall–Kier alpha value is -3.67. The number of aromatic amines is 1. The zero-order chi connectivity index (χ0) is 17.4. The zero-order valence-corrected chi connectivity index (χ0v) is 13.1. The molecule has 122 valence electrons. The van der Waals surface area contributed by atoms with Crippen molar-refractivity contribution < 1.29 is 9.59 Å². The lowest BCUT2D eigenvalue weighted by Gasteiger charge is -2.04. The molecule has 2 heterocycles. The van der Waals surface area contributed by atoms with E-state index >= 15 is 0 Å². The van der Waals surface area contributed by atoms with Crippen molar-refractivity contribution in [1.82, 2.24) is 14.5 Å². The minimum atomic E-state index is -0.508. The number of imidazole rings is 1. The van der Waals surface area contributed by atoms with Crippen molar-refractivity contribution in [1.29, 1.82) is 0 Å². The van der Waals surface area contributed by atoms with Gasteiger partial charge in [-0.3, -0.25) is 9.59 Å². The lowest BCUT2D eigenvalue weighted by molar-refractivity contribution is 0.100. The van der Waals surface area contributed by atoms with E-state index in [0.29, 0.717) is 22.5 Å². The van der Waals surface area contributed by atoms with Crippen LogP contribution in [0.15, 0.2) is 60.9 Å². The number of rotatable bonds is 4. The molecule has 25 heavy (non-hydrogen) atoms. The Kier molecular flexibility index (Phi) is 3.43. The number of aldehydes is 1. The van der Waals surface area contributed by atoms with Crippen LogP contribution in [-0.4, -0.2) is 26.7 Å². The number of fused-ring (bicyclic) bond motifs is 1. The van der Waals surface area contributed by atoms with Gasteiger partial charge in [0, 0.05) is 29.2 Å². The van der Waals surface area contributed by atoms with E-state index in [4.69, 9.17) is 5.73 Å². The summed E-state index contributed by atoms with van der Waals surface area (Å²) in [6, 6.07) is 14.8. The number of nitrogens with two attached hydrogens (primary N) is 1. The van der Waals surface area contributed by atoms with Gasteiger partial charge in [-0.05, 0) is 30.3 Å².